The third-order valence-electron chi connectivity index (χ3n) is 2.31. The first-order chi connectivity index (χ1) is 8.06. The SMILES string of the molecule is COC(=O)CCN(C)c1cccnc1C(N)=S. The number of hydrogen-bond acceptors (Lipinski definition) is 5. The highest BCUT2D eigenvalue weighted by atomic mass is 32.1. The summed E-state index contributed by atoms with van der Waals surface area (Å²) >= 11 is 4.92. The van der Waals surface area contributed by atoms with Crippen LogP contribution in [0.1, 0.15) is 12.1 Å². The number of methoxy groups -OCH3 is 1. The van der Waals surface area contributed by atoms with Gasteiger partial charge in [0.1, 0.15) is 10.7 Å². The molecule has 0 aliphatic heterocycles. The Kier molecular flexibility index (Phi) is 4.84. The fraction of sp³-hybridized carbons (Fsp3) is 0.364. The Morgan fingerprint density at radius 1 is 1.65 bits per heavy atom. The van der Waals surface area contributed by atoms with E-state index in [1.165, 1.54) is 7.11 Å². The molecule has 92 valence electrons. The van der Waals surface area contributed by atoms with E-state index in [0.717, 1.165) is 5.69 Å². The maximum Gasteiger partial charge on any atom is 0.307 e. The summed E-state index contributed by atoms with van der Waals surface area (Å²) in [5.41, 5.74) is 6.96. The first kappa shape index (κ1) is 13.4. The summed E-state index contributed by atoms with van der Waals surface area (Å²) in [4.78, 5) is 17.3. The van der Waals surface area contributed by atoms with Crippen LogP contribution in [0.25, 0.3) is 0 Å². The molecule has 0 bridgehead atoms. The molecule has 0 saturated carbocycles. The lowest BCUT2D eigenvalue weighted by Gasteiger charge is -2.20. The van der Waals surface area contributed by atoms with Gasteiger partial charge in [-0.15, -0.1) is 0 Å². The predicted octanol–water partition coefficient (Wildman–Crippen LogP) is 0.715. The summed E-state index contributed by atoms with van der Waals surface area (Å²) in [5.74, 6) is -0.252. The molecular formula is C11H15N3O2S. The zero-order valence-electron chi connectivity index (χ0n) is 9.84. The zero-order chi connectivity index (χ0) is 12.8. The topological polar surface area (TPSA) is 68.5 Å². The number of carbonyl (C=O) groups excluding carboxylic acids is 1. The van der Waals surface area contributed by atoms with Crippen molar-refractivity contribution in [2.45, 2.75) is 6.42 Å². The Morgan fingerprint density at radius 3 is 2.94 bits per heavy atom. The van der Waals surface area contributed by atoms with Crippen LogP contribution in [-0.4, -0.2) is 36.6 Å². The van der Waals surface area contributed by atoms with E-state index in [1.54, 1.807) is 12.3 Å². The second-order valence-corrected chi connectivity index (χ2v) is 3.92. The number of pyridine rings is 1. The van der Waals surface area contributed by atoms with Gasteiger partial charge in [-0.2, -0.15) is 0 Å². The number of thiocarbonyl (C=S) groups is 1. The van der Waals surface area contributed by atoms with Crippen LogP contribution in [0.2, 0.25) is 0 Å². The summed E-state index contributed by atoms with van der Waals surface area (Å²) in [6, 6.07) is 3.66. The van der Waals surface area contributed by atoms with Gasteiger partial charge in [-0.25, -0.2) is 0 Å². The van der Waals surface area contributed by atoms with Crippen molar-refractivity contribution < 1.29 is 9.53 Å². The van der Waals surface area contributed by atoms with Gasteiger partial charge in [0.05, 0.1) is 19.2 Å². The minimum absolute atomic E-state index is 0.241. The lowest BCUT2D eigenvalue weighted by molar-refractivity contribution is -0.140. The second-order valence-electron chi connectivity index (χ2n) is 3.48. The number of nitrogens with zero attached hydrogens (tertiary/aromatic N) is 2. The van der Waals surface area contributed by atoms with E-state index in [4.69, 9.17) is 18.0 Å². The summed E-state index contributed by atoms with van der Waals surface area (Å²) in [7, 11) is 3.22. The van der Waals surface area contributed by atoms with E-state index in [2.05, 4.69) is 9.72 Å². The molecule has 5 nitrogen and oxygen atoms in total. The van der Waals surface area contributed by atoms with Crippen LogP contribution in [0.4, 0.5) is 5.69 Å². The maximum absolute atomic E-state index is 11.1. The van der Waals surface area contributed by atoms with E-state index < -0.39 is 0 Å². The molecule has 2 N–H and O–H groups in total. The van der Waals surface area contributed by atoms with Crippen LogP contribution in [0, 0.1) is 0 Å². The monoisotopic (exact) mass is 253 g/mol. The van der Waals surface area contributed by atoms with Gasteiger partial charge in [0, 0.05) is 19.8 Å². The minimum atomic E-state index is -0.252. The smallest absolute Gasteiger partial charge is 0.307 e. The number of ether oxygens (including phenoxy) is 1. The van der Waals surface area contributed by atoms with Crippen LogP contribution in [-0.2, 0) is 9.53 Å². The number of carbonyl (C=O) groups is 1. The normalized spacial score (nSPS) is 9.76. The molecule has 1 aromatic heterocycles. The van der Waals surface area contributed by atoms with Gasteiger partial charge in [-0.1, -0.05) is 12.2 Å². The van der Waals surface area contributed by atoms with Gasteiger partial charge < -0.3 is 15.4 Å². The number of nitrogens with two attached hydrogens (primary N) is 1. The number of anilines is 1. The molecule has 0 saturated heterocycles. The van der Waals surface area contributed by atoms with Crippen molar-refractivity contribution in [3.8, 4) is 0 Å². The lowest BCUT2D eigenvalue weighted by Crippen LogP contribution is -2.25. The number of rotatable bonds is 5. The molecule has 6 heteroatoms. The van der Waals surface area contributed by atoms with Crippen molar-refractivity contribution >= 4 is 28.9 Å². The number of aromatic nitrogens is 1. The molecule has 17 heavy (non-hydrogen) atoms. The molecule has 0 aromatic carbocycles. The minimum Gasteiger partial charge on any atom is -0.469 e. The van der Waals surface area contributed by atoms with Gasteiger partial charge >= 0.3 is 5.97 Å². The zero-order valence-corrected chi connectivity index (χ0v) is 10.7. The van der Waals surface area contributed by atoms with Crippen LogP contribution in [0.5, 0.6) is 0 Å². The lowest BCUT2D eigenvalue weighted by atomic mass is 10.2. The Labute approximate surface area is 106 Å². The largest absolute Gasteiger partial charge is 0.469 e. The van der Waals surface area contributed by atoms with Crippen LogP contribution >= 0.6 is 12.2 Å². The summed E-state index contributed by atoms with van der Waals surface area (Å²) in [6.45, 7) is 0.522. The van der Waals surface area contributed by atoms with Crippen molar-refractivity contribution in [3.63, 3.8) is 0 Å². The molecule has 0 unspecified atom stereocenters. The van der Waals surface area contributed by atoms with E-state index in [-0.39, 0.29) is 11.0 Å². The fourth-order valence-corrected chi connectivity index (χ4v) is 1.53. The number of hydrogen-bond donors (Lipinski definition) is 1. The summed E-state index contributed by atoms with van der Waals surface area (Å²) < 4.78 is 4.58. The molecule has 1 heterocycles. The van der Waals surface area contributed by atoms with Crippen molar-refractivity contribution in [2.24, 2.45) is 5.73 Å². The van der Waals surface area contributed by atoms with E-state index in [1.807, 2.05) is 18.0 Å². The Hall–Kier alpha value is -1.69. The molecule has 0 spiro atoms. The number of esters is 1. The summed E-state index contributed by atoms with van der Waals surface area (Å²) in [5, 5.41) is 0. The van der Waals surface area contributed by atoms with E-state index >= 15 is 0 Å². The molecule has 0 atom stereocenters. The predicted molar refractivity (Wildman–Crippen MR) is 70.0 cm³/mol. The molecule has 0 fully saturated rings. The average Bonchev–Trinajstić information content (AvgIpc) is 2.35. The first-order valence-corrected chi connectivity index (χ1v) is 5.50. The highest BCUT2D eigenvalue weighted by Gasteiger charge is 2.11. The van der Waals surface area contributed by atoms with Crippen molar-refractivity contribution in [2.75, 3.05) is 25.6 Å². The quantitative estimate of drug-likeness (QED) is 0.616. The third-order valence-corrected chi connectivity index (χ3v) is 2.50. The molecule has 1 rings (SSSR count). The van der Waals surface area contributed by atoms with Crippen LogP contribution < -0.4 is 10.6 Å². The third kappa shape index (κ3) is 3.67. The fourth-order valence-electron chi connectivity index (χ4n) is 1.38. The van der Waals surface area contributed by atoms with Gasteiger partial charge in [-0.3, -0.25) is 9.78 Å². The molecule has 0 aliphatic rings. The van der Waals surface area contributed by atoms with Crippen LogP contribution in [0.3, 0.4) is 0 Å². The standard InChI is InChI=1S/C11H15N3O2S/c1-14(7-5-9(15)16-2)8-4-3-6-13-10(8)11(12)17/h3-4,6H,5,7H2,1-2H3,(H2,12,17). The first-order valence-electron chi connectivity index (χ1n) is 5.09. The van der Waals surface area contributed by atoms with Crippen molar-refractivity contribution in [1.82, 2.24) is 4.98 Å². The highest BCUT2D eigenvalue weighted by Crippen LogP contribution is 2.16. The van der Waals surface area contributed by atoms with Crippen molar-refractivity contribution in [3.05, 3.63) is 24.0 Å². The van der Waals surface area contributed by atoms with Gasteiger partial charge in [-0.05, 0) is 12.1 Å². The molecule has 0 radical (unpaired) electrons. The maximum atomic E-state index is 11.1. The summed E-state index contributed by atoms with van der Waals surface area (Å²) in [6.07, 6.45) is 1.94. The molecular weight excluding hydrogens is 238 g/mol. The molecule has 0 amide bonds. The van der Waals surface area contributed by atoms with E-state index in [9.17, 15) is 4.79 Å². The average molecular weight is 253 g/mol. The van der Waals surface area contributed by atoms with Gasteiger partial charge in [0.15, 0.2) is 0 Å². The molecule has 0 aliphatic carbocycles. The van der Waals surface area contributed by atoms with Crippen LogP contribution in [0.15, 0.2) is 18.3 Å². The van der Waals surface area contributed by atoms with Gasteiger partial charge in [0.25, 0.3) is 0 Å². The van der Waals surface area contributed by atoms with Crippen molar-refractivity contribution in [1.29, 1.82) is 0 Å². The highest BCUT2D eigenvalue weighted by molar-refractivity contribution is 7.80. The Balaban J connectivity index is 2.78. The Morgan fingerprint density at radius 2 is 2.35 bits per heavy atom. The molecule has 1 aromatic rings. The van der Waals surface area contributed by atoms with Gasteiger partial charge in [0.2, 0.25) is 0 Å². The second kappa shape index (κ2) is 6.15. The van der Waals surface area contributed by atoms with E-state index in [0.29, 0.717) is 18.7 Å². The Bertz CT molecular complexity index is 423.